The van der Waals surface area contributed by atoms with Crippen molar-refractivity contribution < 1.29 is 0 Å². The molecular formula is C17H34N2. The Balaban J connectivity index is 1.89. The van der Waals surface area contributed by atoms with Gasteiger partial charge in [0.25, 0.3) is 0 Å². The van der Waals surface area contributed by atoms with Crippen LogP contribution in [0.3, 0.4) is 0 Å². The van der Waals surface area contributed by atoms with Gasteiger partial charge in [0.05, 0.1) is 0 Å². The number of rotatable bonds is 8. The van der Waals surface area contributed by atoms with Gasteiger partial charge in [-0.25, -0.2) is 0 Å². The zero-order valence-electron chi connectivity index (χ0n) is 13.3. The molecular weight excluding hydrogens is 232 g/mol. The summed E-state index contributed by atoms with van der Waals surface area (Å²) >= 11 is 0. The quantitative estimate of drug-likeness (QED) is 0.721. The molecule has 0 amide bonds. The molecule has 0 aromatic heterocycles. The van der Waals surface area contributed by atoms with E-state index in [0.717, 1.165) is 23.9 Å². The normalized spacial score (nSPS) is 31.9. The first-order chi connectivity index (χ1) is 9.28. The zero-order valence-corrected chi connectivity index (χ0v) is 13.3. The lowest BCUT2D eigenvalue weighted by Crippen LogP contribution is -2.46. The first-order valence-electron chi connectivity index (χ1n) is 8.75. The van der Waals surface area contributed by atoms with E-state index >= 15 is 0 Å². The maximum Gasteiger partial charge on any atom is 0.0108 e. The summed E-state index contributed by atoms with van der Waals surface area (Å²) in [6.45, 7) is 10.8. The molecule has 2 nitrogen and oxygen atoms in total. The van der Waals surface area contributed by atoms with E-state index in [1.54, 1.807) is 0 Å². The predicted molar refractivity (Wildman–Crippen MR) is 83.5 cm³/mol. The molecule has 0 aliphatic heterocycles. The third kappa shape index (κ3) is 4.46. The SMILES string of the molecule is CCCNC1CCC(CC)CC1CN(CC)C1CC1. The van der Waals surface area contributed by atoms with Gasteiger partial charge >= 0.3 is 0 Å². The second-order valence-corrected chi connectivity index (χ2v) is 6.73. The maximum atomic E-state index is 3.83. The number of nitrogens with zero attached hydrogens (tertiary/aromatic N) is 1. The van der Waals surface area contributed by atoms with Crippen molar-refractivity contribution in [2.45, 2.75) is 77.8 Å². The molecule has 0 bridgehead atoms. The summed E-state index contributed by atoms with van der Waals surface area (Å²) in [5, 5.41) is 3.83. The fourth-order valence-electron chi connectivity index (χ4n) is 3.81. The summed E-state index contributed by atoms with van der Waals surface area (Å²) in [6, 6.07) is 1.72. The van der Waals surface area contributed by atoms with Gasteiger partial charge in [0.15, 0.2) is 0 Å². The molecule has 3 atom stereocenters. The minimum absolute atomic E-state index is 0.788. The topological polar surface area (TPSA) is 15.3 Å². The lowest BCUT2D eigenvalue weighted by atomic mass is 9.76. The van der Waals surface area contributed by atoms with Crippen LogP contribution in [-0.4, -0.2) is 36.6 Å². The third-order valence-corrected chi connectivity index (χ3v) is 5.26. The highest BCUT2D eigenvalue weighted by atomic mass is 15.2. The summed E-state index contributed by atoms with van der Waals surface area (Å²) in [4.78, 5) is 2.75. The average molecular weight is 266 g/mol. The van der Waals surface area contributed by atoms with Crippen molar-refractivity contribution in [1.82, 2.24) is 10.2 Å². The molecule has 1 N–H and O–H groups in total. The highest BCUT2D eigenvalue weighted by Gasteiger charge is 2.34. The summed E-state index contributed by atoms with van der Waals surface area (Å²) < 4.78 is 0. The van der Waals surface area contributed by atoms with Crippen molar-refractivity contribution in [2.24, 2.45) is 11.8 Å². The average Bonchev–Trinajstić information content (AvgIpc) is 3.27. The molecule has 3 unspecified atom stereocenters. The molecule has 0 spiro atoms. The van der Waals surface area contributed by atoms with Gasteiger partial charge in [0.2, 0.25) is 0 Å². The fraction of sp³-hybridized carbons (Fsp3) is 1.00. The van der Waals surface area contributed by atoms with E-state index in [1.165, 1.54) is 64.6 Å². The molecule has 2 saturated carbocycles. The monoisotopic (exact) mass is 266 g/mol. The Morgan fingerprint density at radius 1 is 1.05 bits per heavy atom. The van der Waals surface area contributed by atoms with E-state index in [1.807, 2.05) is 0 Å². The summed E-state index contributed by atoms with van der Waals surface area (Å²) in [6.07, 6.45) is 9.86. The summed E-state index contributed by atoms with van der Waals surface area (Å²) in [5.41, 5.74) is 0. The Labute approximate surface area is 120 Å². The minimum atomic E-state index is 0.788. The minimum Gasteiger partial charge on any atom is -0.314 e. The van der Waals surface area contributed by atoms with E-state index < -0.39 is 0 Å². The van der Waals surface area contributed by atoms with E-state index in [-0.39, 0.29) is 0 Å². The van der Waals surface area contributed by atoms with Crippen LogP contribution >= 0.6 is 0 Å². The second-order valence-electron chi connectivity index (χ2n) is 6.73. The van der Waals surface area contributed by atoms with E-state index in [9.17, 15) is 0 Å². The zero-order chi connectivity index (χ0) is 13.7. The number of hydrogen-bond donors (Lipinski definition) is 1. The van der Waals surface area contributed by atoms with Crippen LogP contribution in [0.4, 0.5) is 0 Å². The molecule has 112 valence electrons. The van der Waals surface area contributed by atoms with Crippen LogP contribution in [0.5, 0.6) is 0 Å². The second kappa shape index (κ2) is 7.64. The Bertz CT molecular complexity index is 250. The van der Waals surface area contributed by atoms with Crippen LogP contribution in [0.2, 0.25) is 0 Å². The van der Waals surface area contributed by atoms with E-state index in [0.29, 0.717) is 0 Å². The van der Waals surface area contributed by atoms with Crippen molar-refractivity contribution in [3.05, 3.63) is 0 Å². The summed E-state index contributed by atoms with van der Waals surface area (Å²) in [7, 11) is 0. The lowest BCUT2D eigenvalue weighted by Gasteiger charge is -2.39. The molecule has 2 aliphatic carbocycles. The fourth-order valence-corrected chi connectivity index (χ4v) is 3.81. The van der Waals surface area contributed by atoms with Crippen LogP contribution in [0.25, 0.3) is 0 Å². The third-order valence-electron chi connectivity index (χ3n) is 5.26. The molecule has 0 saturated heterocycles. The Morgan fingerprint density at radius 2 is 1.84 bits per heavy atom. The molecule has 19 heavy (non-hydrogen) atoms. The van der Waals surface area contributed by atoms with Crippen molar-refractivity contribution in [2.75, 3.05) is 19.6 Å². The van der Waals surface area contributed by atoms with Crippen LogP contribution < -0.4 is 5.32 Å². The standard InChI is InChI=1S/C17H34N2/c1-4-11-18-17-10-7-14(5-2)12-15(17)13-19(6-3)16-8-9-16/h14-18H,4-13H2,1-3H3. The van der Waals surface area contributed by atoms with Crippen molar-refractivity contribution >= 4 is 0 Å². The van der Waals surface area contributed by atoms with Crippen LogP contribution in [-0.2, 0) is 0 Å². The smallest absolute Gasteiger partial charge is 0.0108 e. The van der Waals surface area contributed by atoms with Crippen molar-refractivity contribution in [3.63, 3.8) is 0 Å². The highest BCUT2D eigenvalue weighted by Crippen LogP contribution is 2.34. The molecule has 0 aromatic rings. The maximum absolute atomic E-state index is 3.83. The molecule has 2 aliphatic rings. The van der Waals surface area contributed by atoms with Crippen molar-refractivity contribution in [1.29, 1.82) is 0 Å². The molecule has 2 heteroatoms. The van der Waals surface area contributed by atoms with Gasteiger partial charge < -0.3 is 10.2 Å². The van der Waals surface area contributed by atoms with E-state index in [4.69, 9.17) is 0 Å². The molecule has 0 heterocycles. The van der Waals surface area contributed by atoms with Crippen LogP contribution in [0.15, 0.2) is 0 Å². The first-order valence-corrected chi connectivity index (χ1v) is 8.75. The van der Waals surface area contributed by atoms with E-state index in [2.05, 4.69) is 31.0 Å². The largest absolute Gasteiger partial charge is 0.314 e. The summed E-state index contributed by atoms with van der Waals surface area (Å²) in [5.74, 6) is 1.88. The Hall–Kier alpha value is -0.0800. The molecule has 2 rings (SSSR count). The number of hydrogen-bond acceptors (Lipinski definition) is 2. The molecule has 0 radical (unpaired) electrons. The van der Waals surface area contributed by atoms with Crippen LogP contribution in [0.1, 0.15) is 65.7 Å². The van der Waals surface area contributed by atoms with Gasteiger partial charge in [-0.2, -0.15) is 0 Å². The number of nitrogens with one attached hydrogen (secondary N) is 1. The lowest BCUT2D eigenvalue weighted by molar-refractivity contribution is 0.136. The van der Waals surface area contributed by atoms with Gasteiger partial charge in [0.1, 0.15) is 0 Å². The van der Waals surface area contributed by atoms with Gasteiger partial charge in [-0.3, -0.25) is 0 Å². The predicted octanol–water partition coefficient (Wildman–Crippen LogP) is 3.67. The van der Waals surface area contributed by atoms with Crippen LogP contribution in [0, 0.1) is 11.8 Å². The van der Waals surface area contributed by atoms with Gasteiger partial charge in [0, 0.05) is 18.6 Å². The van der Waals surface area contributed by atoms with Gasteiger partial charge in [-0.05, 0) is 63.5 Å². The Morgan fingerprint density at radius 3 is 2.42 bits per heavy atom. The molecule has 0 aromatic carbocycles. The highest BCUT2D eigenvalue weighted by molar-refractivity contribution is 4.90. The first kappa shape index (κ1) is 15.3. The molecule has 2 fully saturated rings. The van der Waals surface area contributed by atoms with Crippen molar-refractivity contribution in [3.8, 4) is 0 Å². The van der Waals surface area contributed by atoms with Gasteiger partial charge in [-0.1, -0.05) is 27.2 Å². The Kier molecular flexibility index (Phi) is 6.15. The van der Waals surface area contributed by atoms with Gasteiger partial charge in [-0.15, -0.1) is 0 Å².